The molecule has 0 atom stereocenters. The third kappa shape index (κ3) is 1.83. The van der Waals surface area contributed by atoms with E-state index in [1.807, 2.05) is 6.92 Å². The third-order valence-electron chi connectivity index (χ3n) is 1.90. The van der Waals surface area contributed by atoms with E-state index < -0.39 is 0 Å². The van der Waals surface area contributed by atoms with Crippen LogP contribution in [0.25, 0.3) is 0 Å². The minimum Gasteiger partial charge on any atom is -0.292 e. The predicted octanol–water partition coefficient (Wildman–Crippen LogP) is 1.89. The molecule has 0 saturated carbocycles. The summed E-state index contributed by atoms with van der Waals surface area (Å²) in [5.41, 5.74) is 3.74. The van der Waals surface area contributed by atoms with E-state index in [2.05, 4.69) is 23.5 Å². The van der Waals surface area contributed by atoms with Crippen molar-refractivity contribution in [2.24, 2.45) is 0 Å². The van der Waals surface area contributed by atoms with Gasteiger partial charge in [-0.2, -0.15) is 5.56 Å². The molecule has 1 aliphatic rings. The van der Waals surface area contributed by atoms with Crippen LogP contribution in [0.15, 0.2) is 12.1 Å². The number of nitrogens with zero attached hydrogens (tertiary/aromatic N) is 1. The first-order valence-electron chi connectivity index (χ1n) is 3.66. The molecular weight excluding hydrogens is 211 g/mol. The maximum atomic E-state index is 4.40. The maximum absolute atomic E-state index is 4.40. The molecule has 0 bridgehead atoms. The normalized spacial score (nSPS) is 13.2. The number of pyridine rings is 1. The molecule has 11 heavy (non-hydrogen) atoms. The minimum absolute atomic E-state index is 0. The van der Waals surface area contributed by atoms with Gasteiger partial charge in [0, 0.05) is 38.4 Å². The van der Waals surface area contributed by atoms with Gasteiger partial charge < -0.3 is 0 Å². The number of fused-ring (bicyclic) bond motifs is 1. The first kappa shape index (κ1) is 9.21. The van der Waals surface area contributed by atoms with Gasteiger partial charge in [0.1, 0.15) is 0 Å². The summed E-state index contributed by atoms with van der Waals surface area (Å²) in [6, 6.07) is 4.26. The molecule has 0 N–H and O–H groups in total. The van der Waals surface area contributed by atoms with Gasteiger partial charge in [-0.3, -0.25) is 4.98 Å². The zero-order valence-electron chi connectivity index (χ0n) is 6.67. The summed E-state index contributed by atoms with van der Waals surface area (Å²) in [4.78, 5) is 4.40. The Kier molecular flexibility index (Phi) is 3.09. The molecule has 1 aromatic rings. The SMILES string of the molecule is Cc1ccc2c(n1)[CH-]CC2.[Y]. The fourth-order valence-corrected chi connectivity index (χ4v) is 1.36. The molecule has 0 fully saturated rings. The first-order valence-corrected chi connectivity index (χ1v) is 3.66. The van der Waals surface area contributed by atoms with Gasteiger partial charge >= 0.3 is 0 Å². The maximum Gasteiger partial charge on any atom is 0.0327 e. The monoisotopic (exact) mass is 221 g/mol. The average Bonchev–Trinajstić information content (AvgIpc) is 2.33. The Labute approximate surface area is 92.5 Å². The van der Waals surface area contributed by atoms with Gasteiger partial charge in [0.15, 0.2) is 0 Å². The first-order chi connectivity index (χ1) is 4.86. The van der Waals surface area contributed by atoms with Crippen LogP contribution in [-0.2, 0) is 39.1 Å². The van der Waals surface area contributed by atoms with Gasteiger partial charge in [-0.15, -0.1) is 18.9 Å². The van der Waals surface area contributed by atoms with Crippen LogP contribution in [0.5, 0.6) is 0 Å². The number of hydrogen-bond acceptors (Lipinski definition) is 1. The minimum atomic E-state index is 0. The average molecular weight is 221 g/mol. The molecule has 0 spiro atoms. The van der Waals surface area contributed by atoms with E-state index >= 15 is 0 Å². The van der Waals surface area contributed by atoms with Crippen LogP contribution in [0.3, 0.4) is 0 Å². The molecule has 1 radical (unpaired) electrons. The smallest absolute Gasteiger partial charge is 0.0327 e. The number of aromatic nitrogens is 1. The van der Waals surface area contributed by atoms with Crippen LogP contribution < -0.4 is 0 Å². The molecule has 1 heterocycles. The third-order valence-corrected chi connectivity index (χ3v) is 1.90. The van der Waals surface area contributed by atoms with Crippen LogP contribution in [0.4, 0.5) is 0 Å². The molecule has 2 rings (SSSR count). The van der Waals surface area contributed by atoms with Crippen molar-refractivity contribution in [1.82, 2.24) is 4.98 Å². The van der Waals surface area contributed by atoms with Crippen molar-refractivity contribution in [3.63, 3.8) is 0 Å². The van der Waals surface area contributed by atoms with E-state index in [4.69, 9.17) is 0 Å². The van der Waals surface area contributed by atoms with Crippen molar-refractivity contribution in [2.45, 2.75) is 19.8 Å². The summed E-state index contributed by atoms with van der Waals surface area (Å²) >= 11 is 0. The van der Waals surface area contributed by atoms with E-state index in [0.29, 0.717) is 0 Å². The molecule has 0 aliphatic heterocycles. The second-order valence-corrected chi connectivity index (χ2v) is 2.74. The van der Waals surface area contributed by atoms with Crippen LogP contribution in [0, 0.1) is 13.3 Å². The quantitative estimate of drug-likeness (QED) is 0.609. The second-order valence-electron chi connectivity index (χ2n) is 2.74. The summed E-state index contributed by atoms with van der Waals surface area (Å²) in [5, 5.41) is 0. The van der Waals surface area contributed by atoms with Crippen molar-refractivity contribution in [3.05, 3.63) is 35.5 Å². The molecule has 1 aromatic heterocycles. The van der Waals surface area contributed by atoms with Crippen LogP contribution in [0.2, 0.25) is 0 Å². The Morgan fingerprint density at radius 2 is 2.27 bits per heavy atom. The van der Waals surface area contributed by atoms with Crippen molar-refractivity contribution in [3.8, 4) is 0 Å². The zero-order chi connectivity index (χ0) is 6.97. The van der Waals surface area contributed by atoms with Gasteiger partial charge in [-0.05, 0) is 6.92 Å². The molecule has 0 aromatic carbocycles. The van der Waals surface area contributed by atoms with E-state index in [1.165, 1.54) is 24.1 Å². The van der Waals surface area contributed by atoms with Crippen molar-refractivity contribution < 1.29 is 32.7 Å². The standard InChI is InChI=1S/C9H10N.Y/c1-7-5-6-8-3-2-4-9(8)10-7;/h4-6H,2-3H2,1H3;/q-1;. The van der Waals surface area contributed by atoms with E-state index in [0.717, 1.165) is 5.69 Å². The fourth-order valence-electron chi connectivity index (χ4n) is 1.36. The number of rotatable bonds is 0. The molecule has 55 valence electrons. The molecule has 0 saturated heterocycles. The molecule has 0 unspecified atom stereocenters. The van der Waals surface area contributed by atoms with Crippen molar-refractivity contribution in [2.75, 3.05) is 0 Å². The fraction of sp³-hybridized carbons (Fsp3) is 0.333. The summed E-state index contributed by atoms with van der Waals surface area (Å²) in [7, 11) is 0. The van der Waals surface area contributed by atoms with Crippen molar-refractivity contribution >= 4 is 0 Å². The van der Waals surface area contributed by atoms with Gasteiger partial charge in [0.05, 0.1) is 0 Å². The Bertz CT molecular complexity index is 258. The predicted molar refractivity (Wildman–Crippen MR) is 40.7 cm³/mol. The Balaban J connectivity index is 0.000000605. The van der Waals surface area contributed by atoms with Crippen LogP contribution in [0.1, 0.15) is 23.4 Å². The number of hydrogen-bond donors (Lipinski definition) is 0. The Hall–Kier alpha value is 0.124. The largest absolute Gasteiger partial charge is 0.292 e. The Morgan fingerprint density at radius 3 is 3.09 bits per heavy atom. The van der Waals surface area contributed by atoms with E-state index in [1.54, 1.807) is 0 Å². The van der Waals surface area contributed by atoms with Gasteiger partial charge in [-0.1, -0.05) is 11.8 Å². The number of aryl methyl sites for hydroxylation is 2. The van der Waals surface area contributed by atoms with E-state index in [9.17, 15) is 0 Å². The molecular formula is C9H10NY-. The molecule has 2 heteroatoms. The Morgan fingerprint density at radius 1 is 1.45 bits per heavy atom. The topological polar surface area (TPSA) is 12.9 Å². The summed E-state index contributed by atoms with van der Waals surface area (Å²) < 4.78 is 0. The molecule has 1 nitrogen and oxygen atoms in total. The molecule has 0 amide bonds. The van der Waals surface area contributed by atoms with Gasteiger partial charge in [0.25, 0.3) is 0 Å². The van der Waals surface area contributed by atoms with Crippen LogP contribution >= 0.6 is 0 Å². The summed E-state index contributed by atoms with van der Waals surface area (Å²) in [5.74, 6) is 0. The molecule has 1 aliphatic carbocycles. The summed E-state index contributed by atoms with van der Waals surface area (Å²) in [6.45, 7) is 2.03. The summed E-state index contributed by atoms with van der Waals surface area (Å²) in [6.07, 6.45) is 4.57. The second kappa shape index (κ2) is 3.68. The van der Waals surface area contributed by atoms with Crippen LogP contribution in [-0.4, -0.2) is 4.98 Å². The van der Waals surface area contributed by atoms with E-state index in [-0.39, 0.29) is 32.7 Å². The van der Waals surface area contributed by atoms with Crippen molar-refractivity contribution in [1.29, 1.82) is 0 Å². The van der Waals surface area contributed by atoms with Gasteiger partial charge in [0.2, 0.25) is 0 Å². The zero-order valence-corrected chi connectivity index (χ0v) is 9.51. The van der Waals surface area contributed by atoms with Gasteiger partial charge in [-0.25, -0.2) is 6.42 Å².